The Bertz CT molecular complexity index is 242. The summed E-state index contributed by atoms with van der Waals surface area (Å²) in [5.74, 6) is 0. The van der Waals surface area contributed by atoms with Crippen molar-refractivity contribution in [3.63, 3.8) is 0 Å². The average molecular weight is 341 g/mol. The summed E-state index contributed by atoms with van der Waals surface area (Å²) in [6.45, 7) is 10.2. The predicted octanol–water partition coefficient (Wildman–Crippen LogP) is 5.87. The van der Waals surface area contributed by atoms with E-state index in [1.807, 2.05) is 0 Å². The Morgan fingerprint density at radius 1 is 0.625 bits per heavy atom. The molecular formula is C21H42NO2. The van der Waals surface area contributed by atoms with Gasteiger partial charge in [-0.3, -0.25) is 0 Å². The SMILES string of the molecule is CCN(CC)CCCCCCCCCCCCCCCCO[C]=O. The van der Waals surface area contributed by atoms with Crippen LogP contribution in [0.1, 0.15) is 104 Å². The molecule has 0 saturated carbocycles. The van der Waals surface area contributed by atoms with Crippen molar-refractivity contribution in [1.82, 2.24) is 4.90 Å². The van der Waals surface area contributed by atoms with Gasteiger partial charge in [0, 0.05) is 0 Å². The molecular weight excluding hydrogens is 298 g/mol. The molecule has 0 N–H and O–H groups in total. The van der Waals surface area contributed by atoms with Gasteiger partial charge in [-0.15, -0.1) is 0 Å². The Morgan fingerprint density at radius 3 is 1.38 bits per heavy atom. The van der Waals surface area contributed by atoms with Crippen LogP contribution in [0.2, 0.25) is 0 Å². The summed E-state index contributed by atoms with van der Waals surface area (Å²) >= 11 is 0. The molecule has 0 heterocycles. The second-order valence-corrected chi connectivity index (χ2v) is 6.91. The summed E-state index contributed by atoms with van der Waals surface area (Å²) in [6.07, 6.45) is 18.9. The molecule has 0 saturated heterocycles. The first-order chi connectivity index (χ1) is 11.8. The number of nitrogens with zero attached hydrogens (tertiary/aromatic N) is 1. The highest BCUT2D eigenvalue weighted by molar-refractivity contribution is 5.37. The van der Waals surface area contributed by atoms with Crippen LogP contribution in [0.4, 0.5) is 0 Å². The van der Waals surface area contributed by atoms with Crippen LogP contribution in [0.5, 0.6) is 0 Å². The van der Waals surface area contributed by atoms with Gasteiger partial charge in [0.2, 0.25) is 0 Å². The van der Waals surface area contributed by atoms with Gasteiger partial charge in [0.05, 0.1) is 6.61 Å². The van der Waals surface area contributed by atoms with Crippen LogP contribution in [0.25, 0.3) is 0 Å². The first-order valence-electron chi connectivity index (χ1n) is 10.6. The smallest absolute Gasteiger partial charge is 0.417 e. The maximum absolute atomic E-state index is 9.85. The first-order valence-corrected chi connectivity index (χ1v) is 10.6. The molecule has 0 aromatic carbocycles. The van der Waals surface area contributed by atoms with Gasteiger partial charge in [-0.25, -0.2) is 4.79 Å². The molecule has 0 aliphatic rings. The summed E-state index contributed by atoms with van der Waals surface area (Å²) < 4.78 is 4.56. The lowest BCUT2D eigenvalue weighted by atomic mass is 10.0. The third kappa shape index (κ3) is 17.8. The molecule has 0 unspecified atom stereocenters. The van der Waals surface area contributed by atoms with Crippen LogP contribution >= 0.6 is 0 Å². The molecule has 0 aromatic heterocycles. The van der Waals surface area contributed by atoms with Gasteiger partial charge in [-0.1, -0.05) is 90.9 Å². The molecule has 3 heteroatoms. The second kappa shape index (κ2) is 20.5. The Hall–Kier alpha value is -0.570. The Kier molecular flexibility index (Phi) is 20.0. The molecule has 0 aromatic rings. The lowest BCUT2D eigenvalue weighted by molar-refractivity contribution is 0.268. The van der Waals surface area contributed by atoms with Gasteiger partial charge >= 0.3 is 6.47 Å². The maximum atomic E-state index is 9.85. The first kappa shape index (κ1) is 23.4. The number of unbranched alkanes of at least 4 members (excludes halogenated alkanes) is 13. The molecule has 143 valence electrons. The van der Waals surface area contributed by atoms with E-state index in [9.17, 15) is 4.79 Å². The zero-order chi connectivity index (χ0) is 17.7. The quantitative estimate of drug-likeness (QED) is 0.259. The molecule has 0 amide bonds. The fourth-order valence-electron chi connectivity index (χ4n) is 3.21. The van der Waals surface area contributed by atoms with Crippen LogP contribution < -0.4 is 0 Å². The number of ether oxygens (including phenoxy) is 1. The minimum atomic E-state index is 0.541. The van der Waals surface area contributed by atoms with Crippen molar-refractivity contribution >= 4 is 6.47 Å². The van der Waals surface area contributed by atoms with Crippen LogP contribution in [-0.2, 0) is 9.53 Å². The lowest BCUT2D eigenvalue weighted by Crippen LogP contribution is -2.23. The highest BCUT2D eigenvalue weighted by Crippen LogP contribution is 2.13. The Labute approximate surface area is 151 Å². The van der Waals surface area contributed by atoms with Gasteiger partial charge in [-0.2, -0.15) is 0 Å². The number of hydrogen-bond acceptors (Lipinski definition) is 3. The summed E-state index contributed by atoms with van der Waals surface area (Å²) in [4.78, 5) is 12.4. The van der Waals surface area contributed by atoms with Crippen molar-refractivity contribution in [2.75, 3.05) is 26.2 Å². The van der Waals surface area contributed by atoms with Crippen LogP contribution in [0.3, 0.4) is 0 Å². The van der Waals surface area contributed by atoms with Crippen molar-refractivity contribution in [3.8, 4) is 0 Å². The molecule has 0 aliphatic carbocycles. The molecule has 1 radical (unpaired) electrons. The number of rotatable bonds is 20. The van der Waals surface area contributed by atoms with Gasteiger partial charge < -0.3 is 9.64 Å². The normalized spacial score (nSPS) is 11.1. The van der Waals surface area contributed by atoms with Gasteiger partial charge in [0.1, 0.15) is 0 Å². The fraction of sp³-hybridized carbons (Fsp3) is 0.952. The van der Waals surface area contributed by atoms with Crippen LogP contribution in [0.15, 0.2) is 0 Å². The van der Waals surface area contributed by atoms with Crippen molar-refractivity contribution in [3.05, 3.63) is 0 Å². The van der Waals surface area contributed by atoms with Crippen molar-refractivity contribution in [2.24, 2.45) is 0 Å². The molecule has 0 spiro atoms. The highest BCUT2D eigenvalue weighted by atomic mass is 16.5. The van der Waals surface area contributed by atoms with E-state index in [2.05, 4.69) is 23.5 Å². The third-order valence-corrected chi connectivity index (χ3v) is 4.92. The van der Waals surface area contributed by atoms with Gasteiger partial charge in [0.15, 0.2) is 0 Å². The number of carbonyl (C=O) groups excluding carboxylic acids is 1. The summed E-state index contributed by atoms with van der Waals surface area (Å²) in [5, 5.41) is 0. The van der Waals surface area contributed by atoms with E-state index in [0.29, 0.717) is 6.61 Å². The summed E-state index contributed by atoms with van der Waals surface area (Å²) in [5.41, 5.74) is 0. The zero-order valence-electron chi connectivity index (χ0n) is 16.5. The van der Waals surface area contributed by atoms with E-state index in [1.54, 1.807) is 0 Å². The summed E-state index contributed by atoms with van der Waals surface area (Å²) in [7, 11) is 0. The van der Waals surface area contributed by atoms with E-state index in [1.165, 1.54) is 110 Å². The zero-order valence-corrected chi connectivity index (χ0v) is 16.5. The monoisotopic (exact) mass is 340 g/mol. The largest absolute Gasteiger partial charge is 0.457 e. The Morgan fingerprint density at radius 2 is 1.00 bits per heavy atom. The average Bonchev–Trinajstić information content (AvgIpc) is 2.61. The lowest BCUT2D eigenvalue weighted by Gasteiger charge is -2.17. The molecule has 0 fully saturated rings. The van der Waals surface area contributed by atoms with E-state index in [0.717, 1.165) is 6.42 Å². The van der Waals surface area contributed by atoms with Crippen LogP contribution in [-0.4, -0.2) is 37.6 Å². The standard InChI is InChI=1S/C21H42NO2/c1-3-22(4-2)19-17-15-13-11-9-7-5-6-8-10-12-14-16-18-20-24-21-23/h3-20H2,1-2H3. The van der Waals surface area contributed by atoms with Gasteiger partial charge in [0.25, 0.3) is 0 Å². The molecule has 24 heavy (non-hydrogen) atoms. The molecule has 0 rings (SSSR count). The van der Waals surface area contributed by atoms with E-state index >= 15 is 0 Å². The van der Waals surface area contributed by atoms with Crippen molar-refractivity contribution in [2.45, 2.75) is 104 Å². The molecule has 0 atom stereocenters. The number of hydrogen-bond donors (Lipinski definition) is 0. The van der Waals surface area contributed by atoms with Crippen molar-refractivity contribution in [1.29, 1.82) is 0 Å². The Balaban J connectivity index is 3.04. The van der Waals surface area contributed by atoms with Crippen LogP contribution in [0, 0.1) is 0 Å². The topological polar surface area (TPSA) is 29.5 Å². The highest BCUT2D eigenvalue weighted by Gasteiger charge is 1.98. The van der Waals surface area contributed by atoms with Crippen molar-refractivity contribution < 1.29 is 9.53 Å². The molecule has 0 bridgehead atoms. The van der Waals surface area contributed by atoms with E-state index in [-0.39, 0.29) is 0 Å². The fourth-order valence-corrected chi connectivity index (χ4v) is 3.21. The minimum absolute atomic E-state index is 0.541. The molecule has 0 aliphatic heterocycles. The van der Waals surface area contributed by atoms with E-state index < -0.39 is 0 Å². The second-order valence-electron chi connectivity index (χ2n) is 6.91. The maximum Gasteiger partial charge on any atom is 0.417 e. The minimum Gasteiger partial charge on any atom is -0.457 e. The predicted molar refractivity (Wildman–Crippen MR) is 104 cm³/mol. The summed E-state index contributed by atoms with van der Waals surface area (Å²) in [6, 6.07) is 0. The molecule has 3 nitrogen and oxygen atoms in total. The van der Waals surface area contributed by atoms with Gasteiger partial charge in [-0.05, 0) is 32.5 Å². The third-order valence-electron chi connectivity index (χ3n) is 4.92. The van der Waals surface area contributed by atoms with E-state index in [4.69, 9.17) is 0 Å².